The third-order valence-corrected chi connectivity index (χ3v) is 3.60. The SMILES string of the molecule is CC(c1cccnc1)N(C)C(=O)NCCOc1ccc(F)cc1F. The highest BCUT2D eigenvalue weighted by molar-refractivity contribution is 5.74. The van der Waals surface area contributed by atoms with Crippen LogP contribution >= 0.6 is 0 Å². The minimum Gasteiger partial charge on any atom is -0.489 e. The molecule has 7 heteroatoms. The van der Waals surface area contributed by atoms with Crippen molar-refractivity contribution in [2.24, 2.45) is 0 Å². The monoisotopic (exact) mass is 335 g/mol. The second kappa shape index (κ2) is 8.24. The lowest BCUT2D eigenvalue weighted by atomic mass is 10.1. The number of carbonyl (C=O) groups is 1. The van der Waals surface area contributed by atoms with Crippen molar-refractivity contribution in [1.29, 1.82) is 0 Å². The molecule has 1 atom stereocenters. The molecule has 128 valence electrons. The van der Waals surface area contributed by atoms with E-state index in [-0.39, 0.29) is 31.0 Å². The zero-order chi connectivity index (χ0) is 17.5. The van der Waals surface area contributed by atoms with E-state index < -0.39 is 11.6 Å². The number of amides is 2. The van der Waals surface area contributed by atoms with Gasteiger partial charge in [0.1, 0.15) is 12.4 Å². The molecule has 0 fully saturated rings. The number of rotatable bonds is 6. The second-order valence-electron chi connectivity index (χ2n) is 5.23. The molecule has 2 amide bonds. The van der Waals surface area contributed by atoms with Gasteiger partial charge < -0.3 is 15.0 Å². The summed E-state index contributed by atoms with van der Waals surface area (Å²) in [5.74, 6) is -1.49. The molecule has 24 heavy (non-hydrogen) atoms. The van der Waals surface area contributed by atoms with Gasteiger partial charge in [-0.05, 0) is 30.7 Å². The Morgan fingerprint density at radius 1 is 1.38 bits per heavy atom. The summed E-state index contributed by atoms with van der Waals surface area (Å²) < 4.78 is 31.4. The number of nitrogens with one attached hydrogen (secondary N) is 1. The average Bonchev–Trinajstić information content (AvgIpc) is 2.59. The molecule has 2 rings (SSSR count). The summed E-state index contributed by atoms with van der Waals surface area (Å²) in [6.45, 7) is 2.16. The van der Waals surface area contributed by atoms with Crippen molar-refractivity contribution in [3.05, 3.63) is 59.9 Å². The lowest BCUT2D eigenvalue weighted by Gasteiger charge is -2.25. The summed E-state index contributed by atoms with van der Waals surface area (Å²) in [7, 11) is 1.67. The number of halogens is 2. The molecule has 0 radical (unpaired) electrons. The number of carbonyl (C=O) groups excluding carboxylic acids is 1. The predicted octanol–water partition coefficient (Wildman–Crippen LogP) is 3.14. The highest BCUT2D eigenvalue weighted by Crippen LogP contribution is 2.18. The number of benzene rings is 1. The first-order valence-corrected chi connectivity index (χ1v) is 7.47. The fourth-order valence-corrected chi connectivity index (χ4v) is 2.06. The van der Waals surface area contributed by atoms with E-state index in [0.717, 1.165) is 17.7 Å². The number of urea groups is 1. The molecule has 2 aromatic rings. The third-order valence-electron chi connectivity index (χ3n) is 3.60. The van der Waals surface area contributed by atoms with Crippen LogP contribution in [-0.4, -0.2) is 36.1 Å². The van der Waals surface area contributed by atoms with Gasteiger partial charge in [0.25, 0.3) is 0 Å². The Bertz CT molecular complexity index is 683. The summed E-state index contributed by atoms with van der Waals surface area (Å²) in [6, 6.07) is 6.34. The maximum atomic E-state index is 13.4. The van der Waals surface area contributed by atoms with Crippen LogP contribution in [0.3, 0.4) is 0 Å². The fourth-order valence-electron chi connectivity index (χ4n) is 2.06. The summed E-state index contributed by atoms with van der Waals surface area (Å²) >= 11 is 0. The summed E-state index contributed by atoms with van der Waals surface area (Å²) in [5.41, 5.74) is 0.916. The van der Waals surface area contributed by atoms with Gasteiger partial charge in [0.2, 0.25) is 0 Å². The first-order chi connectivity index (χ1) is 11.5. The highest BCUT2D eigenvalue weighted by atomic mass is 19.1. The summed E-state index contributed by atoms with van der Waals surface area (Å²) in [6.07, 6.45) is 3.37. The van der Waals surface area contributed by atoms with Crippen LogP contribution in [0.1, 0.15) is 18.5 Å². The summed E-state index contributed by atoms with van der Waals surface area (Å²) in [5, 5.41) is 2.68. The topological polar surface area (TPSA) is 54.5 Å². The van der Waals surface area contributed by atoms with E-state index in [4.69, 9.17) is 4.74 Å². The summed E-state index contributed by atoms with van der Waals surface area (Å²) in [4.78, 5) is 17.7. The molecule has 1 aromatic carbocycles. The van der Waals surface area contributed by atoms with Gasteiger partial charge in [-0.15, -0.1) is 0 Å². The minimum atomic E-state index is -0.774. The molecule has 0 saturated carbocycles. The number of hydrogen-bond donors (Lipinski definition) is 1. The first kappa shape index (κ1) is 17.7. The van der Waals surface area contributed by atoms with Gasteiger partial charge in [-0.2, -0.15) is 0 Å². The molecule has 1 heterocycles. The van der Waals surface area contributed by atoms with E-state index in [1.54, 1.807) is 19.4 Å². The van der Waals surface area contributed by atoms with Gasteiger partial charge >= 0.3 is 6.03 Å². The van der Waals surface area contributed by atoms with Crippen molar-refractivity contribution in [1.82, 2.24) is 15.2 Å². The Hall–Kier alpha value is -2.70. The smallest absolute Gasteiger partial charge is 0.317 e. The number of aromatic nitrogens is 1. The van der Waals surface area contributed by atoms with Crippen LogP contribution in [0.2, 0.25) is 0 Å². The van der Waals surface area contributed by atoms with Crippen LogP contribution in [-0.2, 0) is 0 Å². The van der Waals surface area contributed by atoms with Crippen molar-refractivity contribution in [3.63, 3.8) is 0 Å². The first-order valence-electron chi connectivity index (χ1n) is 7.47. The molecule has 0 saturated heterocycles. The van der Waals surface area contributed by atoms with Crippen molar-refractivity contribution in [3.8, 4) is 5.75 Å². The maximum Gasteiger partial charge on any atom is 0.317 e. The van der Waals surface area contributed by atoms with Crippen LogP contribution in [0.25, 0.3) is 0 Å². The number of pyridine rings is 1. The van der Waals surface area contributed by atoms with E-state index in [2.05, 4.69) is 10.3 Å². The molecular formula is C17H19F2N3O2. The van der Waals surface area contributed by atoms with Crippen LogP contribution in [0, 0.1) is 11.6 Å². The number of nitrogens with zero attached hydrogens (tertiary/aromatic N) is 2. The molecule has 5 nitrogen and oxygen atoms in total. The average molecular weight is 335 g/mol. The molecule has 0 aliphatic carbocycles. The van der Waals surface area contributed by atoms with E-state index >= 15 is 0 Å². The fraction of sp³-hybridized carbons (Fsp3) is 0.294. The van der Waals surface area contributed by atoms with Crippen molar-refractivity contribution in [2.45, 2.75) is 13.0 Å². The normalized spacial score (nSPS) is 11.7. The number of hydrogen-bond acceptors (Lipinski definition) is 3. The quantitative estimate of drug-likeness (QED) is 0.825. The van der Waals surface area contributed by atoms with Crippen molar-refractivity contribution in [2.75, 3.05) is 20.2 Å². The van der Waals surface area contributed by atoms with Gasteiger partial charge in [-0.1, -0.05) is 6.07 Å². The van der Waals surface area contributed by atoms with E-state index in [0.29, 0.717) is 0 Å². The van der Waals surface area contributed by atoms with E-state index in [1.807, 2.05) is 19.1 Å². The molecular weight excluding hydrogens is 316 g/mol. The van der Waals surface area contributed by atoms with Crippen molar-refractivity contribution >= 4 is 6.03 Å². The second-order valence-corrected chi connectivity index (χ2v) is 5.23. The Labute approximate surface area is 139 Å². The molecule has 0 aliphatic rings. The standard InChI is InChI=1S/C17H19F2N3O2/c1-12(13-4-3-7-20-11-13)22(2)17(23)21-8-9-24-16-6-5-14(18)10-15(16)19/h3-7,10-12H,8-9H2,1-2H3,(H,21,23). The van der Waals surface area contributed by atoms with Gasteiger partial charge in [0, 0.05) is 25.5 Å². The van der Waals surface area contributed by atoms with Gasteiger partial charge in [0.05, 0.1) is 12.6 Å². The zero-order valence-corrected chi connectivity index (χ0v) is 13.5. The Morgan fingerprint density at radius 3 is 2.83 bits per heavy atom. The lowest BCUT2D eigenvalue weighted by molar-refractivity contribution is 0.191. The minimum absolute atomic E-state index is 0.0530. The molecule has 0 aliphatic heterocycles. The lowest BCUT2D eigenvalue weighted by Crippen LogP contribution is -2.40. The Kier molecular flexibility index (Phi) is 6.06. The van der Waals surface area contributed by atoms with Crippen LogP contribution in [0.4, 0.5) is 13.6 Å². The highest BCUT2D eigenvalue weighted by Gasteiger charge is 2.17. The molecule has 1 unspecified atom stereocenters. The van der Waals surface area contributed by atoms with Crippen molar-refractivity contribution < 1.29 is 18.3 Å². The van der Waals surface area contributed by atoms with Gasteiger partial charge in [-0.25, -0.2) is 13.6 Å². The molecule has 0 bridgehead atoms. The van der Waals surface area contributed by atoms with Gasteiger partial charge in [0.15, 0.2) is 11.6 Å². The maximum absolute atomic E-state index is 13.4. The van der Waals surface area contributed by atoms with Crippen LogP contribution in [0.5, 0.6) is 5.75 Å². The predicted molar refractivity (Wildman–Crippen MR) is 85.7 cm³/mol. The van der Waals surface area contributed by atoms with Crippen LogP contribution < -0.4 is 10.1 Å². The number of ether oxygens (including phenoxy) is 1. The molecule has 1 N–H and O–H groups in total. The van der Waals surface area contributed by atoms with E-state index in [1.165, 1.54) is 11.0 Å². The Morgan fingerprint density at radius 2 is 2.17 bits per heavy atom. The Balaban J connectivity index is 1.78. The largest absolute Gasteiger partial charge is 0.489 e. The van der Waals surface area contributed by atoms with E-state index in [9.17, 15) is 13.6 Å². The van der Waals surface area contributed by atoms with Crippen LogP contribution in [0.15, 0.2) is 42.7 Å². The zero-order valence-electron chi connectivity index (χ0n) is 13.5. The third kappa shape index (κ3) is 4.65. The molecule has 0 spiro atoms. The van der Waals surface area contributed by atoms with Gasteiger partial charge in [-0.3, -0.25) is 4.98 Å². The molecule has 1 aromatic heterocycles.